The molecule has 2 rings (SSSR count). The average molecular weight is 406 g/mol. The molecular weight excluding hydrogens is 370 g/mol. The fourth-order valence-electron chi connectivity index (χ4n) is 2.12. The third-order valence-electron chi connectivity index (χ3n) is 6.09. The molecule has 0 saturated heterocycles. The van der Waals surface area contributed by atoms with Crippen molar-refractivity contribution < 1.29 is 8.85 Å². The van der Waals surface area contributed by atoms with Crippen LogP contribution in [0.25, 0.3) is 10.8 Å². The number of hydrogen-bond donors (Lipinski definition) is 1. The molecule has 150 valence electrons. The number of fused-ring (bicyclic) bond motifs is 1. The topological polar surface area (TPSA) is 70.3 Å². The van der Waals surface area contributed by atoms with Crippen LogP contribution in [0.5, 0.6) is 11.8 Å². The maximum atomic E-state index is 6.45. The highest BCUT2D eigenvalue weighted by molar-refractivity contribution is 6.75. The lowest BCUT2D eigenvalue weighted by atomic mass is 10.1. The van der Waals surface area contributed by atoms with Crippen LogP contribution >= 0.6 is 0 Å². The normalized spacial score (nSPS) is 13.7. The highest BCUT2D eigenvalue weighted by Crippen LogP contribution is 2.42. The molecular formula is C20H35N3O2Si2. The second-order valence-corrected chi connectivity index (χ2v) is 19.8. The van der Waals surface area contributed by atoms with Crippen molar-refractivity contribution in [2.45, 2.75) is 77.8 Å². The molecule has 1 heterocycles. The van der Waals surface area contributed by atoms with E-state index >= 15 is 0 Å². The van der Waals surface area contributed by atoms with Gasteiger partial charge in [-0.05, 0) is 48.4 Å². The minimum absolute atomic E-state index is 0.0564. The molecule has 1 aromatic carbocycles. The lowest BCUT2D eigenvalue weighted by Crippen LogP contribution is -2.44. The summed E-state index contributed by atoms with van der Waals surface area (Å²) in [6, 6.07) is 5.79. The number of anilines is 1. The molecule has 0 unspecified atom stereocenters. The van der Waals surface area contributed by atoms with Crippen LogP contribution in [-0.2, 0) is 0 Å². The third kappa shape index (κ3) is 4.29. The lowest BCUT2D eigenvalue weighted by molar-refractivity contribution is 0.454. The average Bonchev–Trinajstić information content (AvgIpc) is 2.47. The van der Waals surface area contributed by atoms with Gasteiger partial charge in [-0.15, -0.1) is 10.2 Å². The van der Waals surface area contributed by atoms with E-state index in [9.17, 15) is 0 Å². The number of aromatic nitrogens is 2. The number of nitrogens with two attached hydrogens (primary N) is 1. The number of nitrogen functional groups attached to an aromatic ring is 1. The molecule has 0 spiro atoms. The zero-order valence-electron chi connectivity index (χ0n) is 18.5. The zero-order chi connectivity index (χ0) is 20.8. The fourth-order valence-corrected chi connectivity index (χ4v) is 3.99. The predicted molar refractivity (Wildman–Crippen MR) is 120 cm³/mol. The molecule has 5 nitrogen and oxygen atoms in total. The zero-order valence-corrected chi connectivity index (χ0v) is 20.5. The molecule has 1 aromatic heterocycles. The molecule has 0 radical (unpaired) electrons. The van der Waals surface area contributed by atoms with E-state index in [2.05, 4.69) is 77.9 Å². The summed E-state index contributed by atoms with van der Waals surface area (Å²) in [5.74, 6) is 1.06. The van der Waals surface area contributed by atoms with E-state index in [1.54, 1.807) is 0 Å². The van der Waals surface area contributed by atoms with Gasteiger partial charge in [-0.2, -0.15) is 0 Å². The van der Waals surface area contributed by atoms with Gasteiger partial charge in [0, 0.05) is 5.69 Å². The molecule has 0 atom stereocenters. The van der Waals surface area contributed by atoms with Crippen molar-refractivity contribution in [3.8, 4) is 11.8 Å². The van der Waals surface area contributed by atoms with Gasteiger partial charge in [-0.1, -0.05) is 47.6 Å². The Labute approximate surface area is 165 Å². The molecule has 2 aromatic rings. The van der Waals surface area contributed by atoms with E-state index in [0.717, 1.165) is 10.8 Å². The van der Waals surface area contributed by atoms with Crippen LogP contribution in [-0.4, -0.2) is 26.8 Å². The Morgan fingerprint density at radius 1 is 0.778 bits per heavy atom. The molecule has 0 amide bonds. The molecule has 0 aliphatic carbocycles. The predicted octanol–water partition coefficient (Wildman–Crippen LogP) is 5.98. The summed E-state index contributed by atoms with van der Waals surface area (Å²) in [5.41, 5.74) is 6.96. The van der Waals surface area contributed by atoms with Crippen molar-refractivity contribution in [2.75, 3.05) is 5.73 Å². The van der Waals surface area contributed by atoms with Crippen molar-refractivity contribution in [3.05, 3.63) is 18.2 Å². The van der Waals surface area contributed by atoms with Gasteiger partial charge in [-0.3, -0.25) is 0 Å². The number of nitrogens with zero attached hydrogens (tertiary/aromatic N) is 2. The van der Waals surface area contributed by atoms with E-state index in [-0.39, 0.29) is 10.1 Å². The second kappa shape index (κ2) is 6.77. The summed E-state index contributed by atoms with van der Waals surface area (Å²) in [4.78, 5) is 0. The van der Waals surface area contributed by atoms with Crippen LogP contribution in [0.15, 0.2) is 18.2 Å². The van der Waals surface area contributed by atoms with E-state index in [0.29, 0.717) is 17.4 Å². The molecule has 7 heteroatoms. The third-order valence-corrected chi connectivity index (χ3v) is 14.7. The van der Waals surface area contributed by atoms with Gasteiger partial charge < -0.3 is 14.6 Å². The SMILES string of the molecule is CC(C)(C)[Si](C)(C)Oc1nnc(O[Si](C)(C)C(C)(C)C)c2c(N)cccc12. The number of rotatable bonds is 4. The van der Waals surface area contributed by atoms with Crippen molar-refractivity contribution >= 4 is 33.1 Å². The Morgan fingerprint density at radius 2 is 1.22 bits per heavy atom. The summed E-state index contributed by atoms with van der Waals surface area (Å²) >= 11 is 0. The molecule has 27 heavy (non-hydrogen) atoms. The van der Waals surface area contributed by atoms with Crippen LogP contribution in [0.2, 0.25) is 36.3 Å². The first-order valence-corrected chi connectivity index (χ1v) is 15.3. The smallest absolute Gasteiger partial charge is 0.252 e. The van der Waals surface area contributed by atoms with Gasteiger partial charge in [0.05, 0.1) is 10.8 Å². The largest absolute Gasteiger partial charge is 0.529 e. The van der Waals surface area contributed by atoms with Crippen molar-refractivity contribution in [2.24, 2.45) is 0 Å². The second-order valence-electron chi connectivity index (χ2n) is 10.3. The van der Waals surface area contributed by atoms with Gasteiger partial charge in [-0.25, -0.2) is 0 Å². The highest BCUT2D eigenvalue weighted by atomic mass is 28.4. The van der Waals surface area contributed by atoms with E-state index in [1.807, 2.05) is 18.2 Å². The van der Waals surface area contributed by atoms with Crippen molar-refractivity contribution in [1.29, 1.82) is 0 Å². The van der Waals surface area contributed by atoms with Gasteiger partial charge >= 0.3 is 0 Å². The maximum Gasteiger partial charge on any atom is 0.252 e. The van der Waals surface area contributed by atoms with Crippen LogP contribution in [0.3, 0.4) is 0 Å². The van der Waals surface area contributed by atoms with Crippen LogP contribution in [0.4, 0.5) is 5.69 Å². The summed E-state index contributed by atoms with van der Waals surface area (Å²) in [6.45, 7) is 22.0. The quantitative estimate of drug-likeness (QED) is 0.500. The summed E-state index contributed by atoms with van der Waals surface area (Å²) in [7, 11) is -4.12. The Bertz CT molecular complexity index is 837. The minimum Gasteiger partial charge on any atom is -0.529 e. The molecule has 2 N–H and O–H groups in total. The Hall–Kier alpha value is -1.61. The van der Waals surface area contributed by atoms with E-state index in [1.165, 1.54) is 0 Å². The minimum atomic E-state index is -2.07. The van der Waals surface area contributed by atoms with Crippen molar-refractivity contribution in [1.82, 2.24) is 10.2 Å². The first-order valence-electron chi connectivity index (χ1n) is 9.50. The first kappa shape index (κ1) is 21.7. The van der Waals surface area contributed by atoms with Gasteiger partial charge in [0.2, 0.25) is 11.8 Å². The molecule has 0 bridgehead atoms. The number of benzene rings is 1. The lowest BCUT2D eigenvalue weighted by Gasteiger charge is -2.37. The van der Waals surface area contributed by atoms with Crippen molar-refractivity contribution in [3.63, 3.8) is 0 Å². The standard InChI is InChI=1S/C20H35N3O2Si2/c1-19(2,3)26(7,8)24-17-14-12-11-13-15(21)16(14)18(23-22-17)25-27(9,10)20(4,5)6/h11-13H,21H2,1-10H3. The van der Waals surface area contributed by atoms with Crippen LogP contribution in [0, 0.1) is 0 Å². The maximum absolute atomic E-state index is 6.45. The van der Waals surface area contributed by atoms with Gasteiger partial charge in [0.15, 0.2) is 0 Å². The van der Waals surface area contributed by atoms with Crippen LogP contribution in [0.1, 0.15) is 41.5 Å². The van der Waals surface area contributed by atoms with Crippen LogP contribution < -0.4 is 14.6 Å². The Kier molecular flexibility index (Phi) is 5.44. The number of hydrogen-bond acceptors (Lipinski definition) is 5. The Balaban J connectivity index is 2.60. The summed E-state index contributed by atoms with van der Waals surface area (Å²) < 4.78 is 12.9. The highest BCUT2D eigenvalue weighted by Gasteiger charge is 2.41. The molecule has 0 fully saturated rings. The van der Waals surface area contributed by atoms with Gasteiger partial charge in [0.25, 0.3) is 16.6 Å². The molecule has 0 aliphatic rings. The Morgan fingerprint density at radius 3 is 1.70 bits per heavy atom. The van der Waals surface area contributed by atoms with E-state index in [4.69, 9.17) is 14.6 Å². The monoisotopic (exact) mass is 405 g/mol. The van der Waals surface area contributed by atoms with E-state index < -0.39 is 16.6 Å². The fraction of sp³-hybridized carbons (Fsp3) is 0.600. The molecule has 0 aliphatic heterocycles. The molecule has 0 saturated carbocycles. The first-order chi connectivity index (χ1) is 12.1. The summed E-state index contributed by atoms with van der Waals surface area (Å²) in [6.07, 6.45) is 0. The summed E-state index contributed by atoms with van der Waals surface area (Å²) in [5, 5.41) is 10.6. The van der Waals surface area contributed by atoms with Gasteiger partial charge in [0.1, 0.15) is 0 Å².